The van der Waals surface area contributed by atoms with E-state index in [9.17, 15) is 9.59 Å². The number of thiol groups is 2. The minimum Gasteiger partial charge on any atom is -0.480 e. The third-order valence-electron chi connectivity index (χ3n) is 2.11. The van der Waals surface area contributed by atoms with Crippen molar-refractivity contribution in [2.24, 2.45) is 5.73 Å². The van der Waals surface area contributed by atoms with Crippen LogP contribution in [0.15, 0.2) is 0 Å². The molecule has 0 fully saturated rings. The molecule has 0 saturated carbocycles. The van der Waals surface area contributed by atoms with Gasteiger partial charge in [-0.05, 0) is 27.9 Å². The minimum absolute atomic E-state index is 0.350. The van der Waals surface area contributed by atoms with Gasteiger partial charge in [0.15, 0.2) is 0 Å². The standard InChI is InChI=1S/2C5H11NO2S/c1-6(2)4(3-9)5(7)8;1-5(2,9)3(6)4(7)8/h4,9H,3H2,1-2H3,(H,7,8);3,9H,6H2,1-2H3,(H,7,8)/t4-;3-/m01/s1. The Kier molecular flexibility index (Phi) is 9.53. The first-order valence-electron chi connectivity index (χ1n) is 5.16. The lowest BCUT2D eigenvalue weighted by atomic mass is 10.1. The molecule has 0 aliphatic heterocycles. The molecule has 18 heavy (non-hydrogen) atoms. The van der Waals surface area contributed by atoms with E-state index in [1.54, 1.807) is 32.8 Å². The largest absolute Gasteiger partial charge is 0.480 e. The lowest BCUT2D eigenvalue weighted by Gasteiger charge is -2.21. The van der Waals surface area contributed by atoms with E-state index in [2.05, 4.69) is 25.3 Å². The molecule has 0 spiro atoms. The van der Waals surface area contributed by atoms with E-state index in [0.29, 0.717) is 5.75 Å². The Morgan fingerprint density at radius 1 is 1.28 bits per heavy atom. The van der Waals surface area contributed by atoms with Gasteiger partial charge in [0.1, 0.15) is 12.1 Å². The second kappa shape index (κ2) is 8.63. The van der Waals surface area contributed by atoms with Crippen LogP contribution in [0.4, 0.5) is 0 Å². The molecule has 0 unspecified atom stereocenters. The van der Waals surface area contributed by atoms with Gasteiger partial charge < -0.3 is 15.9 Å². The number of rotatable bonds is 5. The van der Waals surface area contributed by atoms with Crippen molar-refractivity contribution in [3.8, 4) is 0 Å². The van der Waals surface area contributed by atoms with Crippen molar-refractivity contribution in [2.45, 2.75) is 30.7 Å². The number of nitrogens with two attached hydrogens (primary N) is 1. The SMILES string of the molecule is CC(C)(S)[C@H](N)C(=O)O.CN(C)[C@@H](CS)C(=O)O. The van der Waals surface area contributed by atoms with Gasteiger partial charge >= 0.3 is 11.9 Å². The van der Waals surface area contributed by atoms with Gasteiger partial charge in [-0.25, -0.2) is 0 Å². The average molecular weight is 298 g/mol. The van der Waals surface area contributed by atoms with Crippen molar-refractivity contribution in [2.75, 3.05) is 19.8 Å². The topological polar surface area (TPSA) is 104 Å². The van der Waals surface area contributed by atoms with E-state index in [0.717, 1.165) is 0 Å². The second-order valence-corrected chi connectivity index (χ2v) is 5.99. The number of carboxylic acid groups (broad SMARTS) is 2. The summed E-state index contributed by atoms with van der Waals surface area (Å²) in [5.74, 6) is -1.49. The Morgan fingerprint density at radius 3 is 1.67 bits per heavy atom. The summed E-state index contributed by atoms with van der Waals surface area (Å²) in [6.45, 7) is 3.32. The number of nitrogens with zero attached hydrogens (tertiary/aromatic N) is 1. The molecule has 0 aliphatic rings. The summed E-state index contributed by atoms with van der Waals surface area (Å²) in [7, 11) is 3.43. The Labute approximate surface area is 118 Å². The van der Waals surface area contributed by atoms with Gasteiger partial charge in [0, 0.05) is 10.5 Å². The number of hydrogen-bond acceptors (Lipinski definition) is 6. The van der Waals surface area contributed by atoms with E-state index in [-0.39, 0.29) is 0 Å². The molecule has 0 aliphatic carbocycles. The highest BCUT2D eigenvalue weighted by Gasteiger charge is 2.27. The van der Waals surface area contributed by atoms with Crippen molar-refractivity contribution in [3.63, 3.8) is 0 Å². The molecule has 0 bridgehead atoms. The van der Waals surface area contributed by atoms with Crippen LogP contribution in [0.3, 0.4) is 0 Å². The van der Waals surface area contributed by atoms with Crippen LogP contribution in [0.25, 0.3) is 0 Å². The zero-order valence-electron chi connectivity index (χ0n) is 11.0. The van der Waals surface area contributed by atoms with E-state index in [1.807, 2.05) is 0 Å². The van der Waals surface area contributed by atoms with Crippen molar-refractivity contribution < 1.29 is 19.8 Å². The van der Waals surface area contributed by atoms with Crippen LogP contribution in [0.5, 0.6) is 0 Å². The van der Waals surface area contributed by atoms with Gasteiger partial charge in [0.2, 0.25) is 0 Å². The summed E-state index contributed by atoms with van der Waals surface area (Å²) < 4.78 is -0.647. The van der Waals surface area contributed by atoms with Gasteiger partial charge in [-0.15, -0.1) is 0 Å². The molecule has 4 N–H and O–H groups in total. The van der Waals surface area contributed by atoms with E-state index in [1.165, 1.54) is 0 Å². The van der Waals surface area contributed by atoms with Crippen LogP contribution >= 0.6 is 25.3 Å². The molecule has 0 heterocycles. The predicted molar refractivity (Wildman–Crippen MR) is 77.6 cm³/mol. The van der Waals surface area contributed by atoms with Gasteiger partial charge in [-0.1, -0.05) is 0 Å². The molecule has 0 amide bonds. The average Bonchev–Trinajstić information content (AvgIpc) is 2.15. The number of hydrogen-bond donors (Lipinski definition) is 5. The zero-order valence-corrected chi connectivity index (χ0v) is 12.8. The van der Waals surface area contributed by atoms with Crippen LogP contribution < -0.4 is 5.73 Å². The van der Waals surface area contributed by atoms with Crippen LogP contribution in [-0.4, -0.2) is 63.7 Å². The number of aliphatic carboxylic acids is 2. The molecule has 0 aromatic rings. The van der Waals surface area contributed by atoms with Gasteiger partial charge in [0.05, 0.1) is 0 Å². The summed E-state index contributed by atoms with van der Waals surface area (Å²) in [5.41, 5.74) is 5.22. The highest BCUT2D eigenvalue weighted by atomic mass is 32.1. The molecule has 6 nitrogen and oxygen atoms in total. The lowest BCUT2D eigenvalue weighted by molar-refractivity contribution is -0.141. The molecular weight excluding hydrogens is 276 g/mol. The van der Waals surface area contributed by atoms with E-state index >= 15 is 0 Å². The second-order valence-electron chi connectivity index (χ2n) is 4.47. The Hall–Kier alpha value is -0.440. The molecule has 2 atom stereocenters. The van der Waals surface area contributed by atoms with Crippen molar-refractivity contribution in [1.82, 2.24) is 4.90 Å². The maximum Gasteiger partial charge on any atom is 0.321 e. The highest BCUT2D eigenvalue weighted by molar-refractivity contribution is 7.81. The fraction of sp³-hybridized carbons (Fsp3) is 0.800. The van der Waals surface area contributed by atoms with Crippen molar-refractivity contribution >= 4 is 37.2 Å². The number of carbonyl (C=O) groups is 2. The Bertz CT molecular complexity index is 268. The van der Waals surface area contributed by atoms with E-state index in [4.69, 9.17) is 15.9 Å². The summed E-state index contributed by atoms with van der Waals surface area (Å²) in [6.07, 6.45) is 0. The van der Waals surface area contributed by atoms with Crippen LogP contribution in [0.1, 0.15) is 13.8 Å². The Morgan fingerprint density at radius 2 is 1.67 bits per heavy atom. The molecule has 0 radical (unpaired) electrons. The predicted octanol–water partition coefficient (Wildman–Crippen LogP) is 0.0377. The lowest BCUT2D eigenvalue weighted by Crippen LogP contribution is -2.45. The summed E-state index contributed by atoms with van der Waals surface area (Å²) in [4.78, 5) is 22.1. The van der Waals surface area contributed by atoms with Crippen LogP contribution in [-0.2, 0) is 9.59 Å². The fourth-order valence-corrected chi connectivity index (χ4v) is 1.36. The molecule has 0 aromatic heterocycles. The smallest absolute Gasteiger partial charge is 0.321 e. The first-order valence-corrected chi connectivity index (χ1v) is 6.24. The summed E-state index contributed by atoms with van der Waals surface area (Å²) in [5, 5.41) is 16.8. The van der Waals surface area contributed by atoms with Crippen molar-refractivity contribution in [1.29, 1.82) is 0 Å². The number of likely N-dealkylation sites (N-methyl/N-ethyl adjacent to an activating group) is 1. The first kappa shape index (κ1) is 19.9. The maximum absolute atomic E-state index is 10.3. The third kappa shape index (κ3) is 8.62. The third-order valence-corrected chi connectivity index (χ3v) is 2.73. The van der Waals surface area contributed by atoms with Gasteiger partial charge in [-0.2, -0.15) is 25.3 Å². The molecule has 0 rings (SSSR count). The first-order chi connectivity index (χ1) is 7.95. The maximum atomic E-state index is 10.3. The minimum atomic E-state index is -1.02. The zero-order chi connectivity index (χ0) is 15.1. The van der Waals surface area contributed by atoms with Gasteiger partial charge in [-0.3, -0.25) is 14.5 Å². The van der Waals surface area contributed by atoms with Crippen molar-refractivity contribution in [3.05, 3.63) is 0 Å². The summed E-state index contributed by atoms with van der Waals surface area (Å²) in [6, 6.07) is -1.37. The normalized spacial score (nSPS) is 14.4. The molecule has 108 valence electrons. The monoisotopic (exact) mass is 298 g/mol. The molecule has 0 saturated heterocycles. The molecule has 0 aromatic carbocycles. The molecule has 8 heteroatoms. The Balaban J connectivity index is 0. The highest BCUT2D eigenvalue weighted by Crippen LogP contribution is 2.15. The van der Waals surface area contributed by atoms with E-state index < -0.39 is 28.8 Å². The fourth-order valence-electron chi connectivity index (χ4n) is 0.764. The number of carboxylic acids is 2. The quantitative estimate of drug-likeness (QED) is 0.459. The van der Waals surface area contributed by atoms with Crippen LogP contribution in [0.2, 0.25) is 0 Å². The summed E-state index contributed by atoms with van der Waals surface area (Å²) >= 11 is 7.85. The van der Waals surface area contributed by atoms with Crippen LogP contribution in [0, 0.1) is 0 Å². The van der Waals surface area contributed by atoms with Gasteiger partial charge in [0.25, 0.3) is 0 Å². The molecular formula is C10H22N2O4S2.